The van der Waals surface area contributed by atoms with Gasteiger partial charge in [0.25, 0.3) is 5.91 Å². The van der Waals surface area contributed by atoms with Gasteiger partial charge in [-0.05, 0) is 6.42 Å². The van der Waals surface area contributed by atoms with Crippen LogP contribution in [-0.2, 0) is 0 Å². The minimum absolute atomic E-state index is 0.0432. The van der Waals surface area contributed by atoms with Crippen LogP contribution in [0.2, 0.25) is 0 Å². The molecule has 1 saturated heterocycles. The lowest BCUT2D eigenvalue weighted by Crippen LogP contribution is -2.34. The van der Waals surface area contributed by atoms with Gasteiger partial charge >= 0.3 is 0 Å². The molecule has 0 aliphatic carbocycles. The Labute approximate surface area is 105 Å². The normalized spacial score (nSPS) is 20.0. The minimum Gasteiger partial charge on any atom is -0.396 e. The molecule has 3 N–H and O–H groups in total. The van der Waals surface area contributed by atoms with Crippen molar-refractivity contribution in [2.75, 3.05) is 24.6 Å². The molecule has 0 unspecified atom stereocenters. The second kappa shape index (κ2) is 4.60. The molecule has 94 valence electrons. The third kappa shape index (κ3) is 2.74. The second-order valence-corrected chi connectivity index (χ2v) is 6.65. The lowest BCUT2D eigenvalue weighted by molar-refractivity contribution is 0.0759. The minimum atomic E-state index is -0.0432. The number of aromatic nitrogens is 2. The Morgan fingerprint density at radius 3 is 3.00 bits per heavy atom. The number of carbonyl (C=O) groups excluding carboxylic acids is 1. The molecule has 0 aromatic carbocycles. The van der Waals surface area contributed by atoms with Crippen LogP contribution in [0, 0.1) is 0 Å². The maximum absolute atomic E-state index is 12.2. The Morgan fingerprint density at radius 2 is 2.35 bits per heavy atom. The Balaban J connectivity index is 2.08. The molecule has 2 heterocycles. The third-order valence-electron chi connectivity index (χ3n) is 3.01. The van der Waals surface area contributed by atoms with E-state index in [0.717, 1.165) is 25.3 Å². The summed E-state index contributed by atoms with van der Waals surface area (Å²) in [5.74, 6) is 0.922. The van der Waals surface area contributed by atoms with E-state index < -0.39 is 0 Å². The first-order chi connectivity index (χ1) is 7.99. The van der Waals surface area contributed by atoms with Crippen LogP contribution in [0.3, 0.4) is 0 Å². The number of thioether (sulfide) groups is 1. The maximum Gasteiger partial charge on any atom is 0.274 e. The van der Waals surface area contributed by atoms with Crippen molar-refractivity contribution in [2.24, 2.45) is 0 Å². The number of carbonyl (C=O) groups is 1. The number of hydrogen-bond donors (Lipinski definition) is 2. The fourth-order valence-corrected chi connectivity index (χ4v) is 2.95. The number of H-pyrrole nitrogens is 1. The summed E-state index contributed by atoms with van der Waals surface area (Å²) < 4.78 is 0.245. The molecule has 0 atom stereocenters. The number of anilines is 1. The Kier molecular flexibility index (Phi) is 3.33. The van der Waals surface area contributed by atoms with Crippen molar-refractivity contribution in [1.29, 1.82) is 0 Å². The number of rotatable bonds is 1. The van der Waals surface area contributed by atoms with E-state index in [9.17, 15) is 4.79 Å². The molecule has 1 amide bonds. The van der Waals surface area contributed by atoms with Crippen molar-refractivity contribution in [3.05, 3.63) is 11.9 Å². The van der Waals surface area contributed by atoms with Crippen LogP contribution in [0.1, 0.15) is 30.8 Å². The summed E-state index contributed by atoms with van der Waals surface area (Å²) in [7, 11) is 0. The molecule has 0 radical (unpaired) electrons. The molecule has 1 aliphatic rings. The molecule has 1 aliphatic heterocycles. The maximum atomic E-state index is 12.2. The van der Waals surface area contributed by atoms with Crippen molar-refractivity contribution in [3.63, 3.8) is 0 Å². The molecular formula is C11H18N4OS. The van der Waals surface area contributed by atoms with E-state index >= 15 is 0 Å². The number of nitrogens with one attached hydrogen (secondary N) is 1. The van der Waals surface area contributed by atoms with E-state index in [1.54, 1.807) is 0 Å². The molecule has 0 spiro atoms. The summed E-state index contributed by atoms with van der Waals surface area (Å²) >= 11 is 1.91. The predicted molar refractivity (Wildman–Crippen MR) is 70.1 cm³/mol. The largest absolute Gasteiger partial charge is 0.396 e. The van der Waals surface area contributed by atoms with Gasteiger partial charge in [0.1, 0.15) is 5.69 Å². The third-order valence-corrected chi connectivity index (χ3v) is 4.38. The first-order valence-corrected chi connectivity index (χ1v) is 6.70. The molecule has 5 nitrogen and oxygen atoms in total. The molecule has 0 saturated carbocycles. The van der Waals surface area contributed by atoms with Gasteiger partial charge in [-0.1, -0.05) is 13.8 Å². The average Bonchev–Trinajstić information content (AvgIpc) is 2.59. The van der Waals surface area contributed by atoms with Crippen LogP contribution in [0.25, 0.3) is 0 Å². The van der Waals surface area contributed by atoms with Crippen molar-refractivity contribution >= 4 is 23.4 Å². The van der Waals surface area contributed by atoms with E-state index in [4.69, 9.17) is 5.73 Å². The number of aromatic amines is 1. The van der Waals surface area contributed by atoms with Gasteiger partial charge in [0, 0.05) is 23.6 Å². The molecule has 6 heteroatoms. The lowest BCUT2D eigenvalue weighted by atomic mass is 10.1. The summed E-state index contributed by atoms with van der Waals surface area (Å²) in [5.41, 5.74) is 6.53. The number of nitrogens with two attached hydrogens (primary N) is 1. The van der Waals surface area contributed by atoms with E-state index in [1.807, 2.05) is 16.7 Å². The molecule has 1 fully saturated rings. The predicted octanol–water partition coefficient (Wildman–Crippen LogP) is 1.35. The highest BCUT2D eigenvalue weighted by Gasteiger charge is 2.27. The quantitative estimate of drug-likeness (QED) is 0.793. The zero-order chi connectivity index (χ0) is 12.5. The Hall–Kier alpha value is -1.17. The SMILES string of the molecule is CC1(C)CCN(C(=O)c2[nH]ncc2N)CCS1. The molecule has 0 bridgehead atoms. The second-order valence-electron chi connectivity index (χ2n) is 4.85. The van der Waals surface area contributed by atoms with Crippen LogP contribution < -0.4 is 5.73 Å². The zero-order valence-electron chi connectivity index (χ0n) is 10.2. The fraction of sp³-hybridized carbons (Fsp3) is 0.636. The summed E-state index contributed by atoms with van der Waals surface area (Å²) in [6.07, 6.45) is 2.47. The summed E-state index contributed by atoms with van der Waals surface area (Å²) in [5, 5.41) is 6.46. The number of nitrogens with zero attached hydrogens (tertiary/aromatic N) is 2. The highest BCUT2D eigenvalue weighted by atomic mass is 32.2. The number of hydrogen-bond acceptors (Lipinski definition) is 4. The van der Waals surface area contributed by atoms with E-state index in [1.165, 1.54) is 6.20 Å². The smallest absolute Gasteiger partial charge is 0.274 e. The van der Waals surface area contributed by atoms with E-state index in [2.05, 4.69) is 24.0 Å². The Bertz CT molecular complexity index is 415. The van der Waals surface area contributed by atoms with Gasteiger partial charge in [-0.2, -0.15) is 16.9 Å². The molecule has 17 heavy (non-hydrogen) atoms. The highest BCUT2D eigenvalue weighted by molar-refractivity contribution is 8.00. The molecule has 2 rings (SSSR count). The summed E-state index contributed by atoms with van der Waals surface area (Å²) in [4.78, 5) is 14.1. The van der Waals surface area contributed by atoms with Crippen molar-refractivity contribution in [2.45, 2.75) is 25.0 Å². The summed E-state index contributed by atoms with van der Waals surface area (Å²) in [6, 6.07) is 0. The van der Waals surface area contributed by atoms with Crippen molar-refractivity contribution < 1.29 is 4.79 Å². The van der Waals surface area contributed by atoms with Gasteiger partial charge < -0.3 is 10.6 Å². The van der Waals surface area contributed by atoms with Crippen LogP contribution in [0.5, 0.6) is 0 Å². The van der Waals surface area contributed by atoms with E-state index in [-0.39, 0.29) is 10.7 Å². The van der Waals surface area contributed by atoms with Gasteiger partial charge in [0.2, 0.25) is 0 Å². The van der Waals surface area contributed by atoms with Crippen molar-refractivity contribution in [1.82, 2.24) is 15.1 Å². The van der Waals surface area contributed by atoms with Gasteiger partial charge in [0.15, 0.2) is 0 Å². The Morgan fingerprint density at radius 1 is 1.59 bits per heavy atom. The number of nitrogen functional groups attached to an aromatic ring is 1. The average molecular weight is 254 g/mol. The molecule has 1 aromatic rings. The monoisotopic (exact) mass is 254 g/mol. The van der Waals surface area contributed by atoms with Gasteiger partial charge in [-0.3, -0.25) is 9.89 Å². The van der Waals surface area contributed by atoms with Gasteiger partial charge in [0.05, 0.1) is 11.9 Å². The standard InChI is InChI=1S/C11H18N4OS/c1-11(2)3-4-15(5-6-17-11)10(16)9-8(12)7-13-14-9/h7H,3-6,12H2,1-2H3,(H,13,14). The van der Waals surface area contributed by atoms with Crippen molar-refractivity contribution in [3.8, 4) is 0 Å². The first kappa shape index (κ1) is 12.3. The topological polar surface area (TPSA) is 75.0 Å². The van der Waals surface area contributed by atoms with Crippen LogP contribution >= 0.6 is 11.8 Å². The molecule has 1 aromatic heterocycles. The first-order valence-electron chi connectivity index (χ1n) is 5.72. The lowest BCUT2D eigenvalue weighted by Gasteiger charge is -2.22. The highest BCUT2D eigenvalue weighted by Crippen LogP contribution is 2.31. The summed E-state index contributed by atoms with van der Waals surface area (Å²) in [6.45, 7) is 5.98. The van der Waals surface area contributed by atoms with Crippen LogP contribution in [-0.4, -0.2) is 44.6 Å². The number of amides is 1. The molecular weight excluding hydrogens is 236 g/mol. The van der Waals surface area contributed by atoms with Crippen LogP contribution in [0.4, 0.5) is 5.69 Å². The van der Waals surface area contributed by atoms with E-state index in [0.29, 0.717) is 11.4 Å². The van der Waals surface area contributed by atoms with Gasteiger partial charge in [-0.15, -0.1) is 0 Å². The van der Waals surface area contributed by atoms with Gasteiger partial charge in [-0.25, -0.2) is 0 Å². The van der Waals surface area contributed by atoms with Crippen LogP contribution in [0.15, 0.2) is 6.20 Å². The fourth-order valence-electron chi connectivity index (χ4n) is 1.85. The zero-order valence-corrected chi connectivity index (χ0v) is 11.0.